The van der Waals surface area contributed by atoms with E-state index >= 15 is 0 Å². The van der Waals surface area contributed by atoms with Gasteiger partial charge in [0.05, 0.1) is 0 Å². The second-order valence-corrected chi connectivity index (χ2v) is 7.80. The van der Waals surface area contributed by atoms with Gasteiger partial charge in [0.1, 0.15) is 0 Å². The van der Waals surface area contributed by atoms with Crippen LogP contribution in [0.2, 0.25) is 0 Å². The van der Waals surface area contributed by atoms with E-state index in [1.807, 2.05) is 26.0 Å². The molecule has 4 nitrogen and oxygen atoms in total. The molecule has 0 aliphatic rings. The van der Waals surface area contributed by atoms with Crippen LogP contribution in [0.3, 0.4) is 0 Å². The van der Waals surface area contributed by atoms with Crippen molar-refractivity contribution in [2.75, 3.05) is 0 Å². The number of nitrogens with zero attached hydrogens (tertiary/aromatic N) is 4. The molecule has 0 spiro atoms. The van der Waals surface area contributed by atoms with Gasteiger partial charge in [0.25, 0.3) is 0 Å². The molecule has 4 aromatic rings. The van der Waals surface area contributed by atoms with E-state index < -0.39 is 0 Å². The largest absolute Gasteiger partial charge is 2.00 e. The van der Waals surface area contributed by atoms with E-state index in [1.165, 1.54) is 22.3 Å². The fourth-order valence-electron chi connectivity index (χ4n) is 3.67. The molecule has 4 rings (SSSR count). The fraction of sp³-hybridized carbons (Fsp3) is 0.280. The Labute approximate surface area is 192 Å². The van der Waals surface area contributed by atoms with Crippen LogP contribution in [0.1, 0.15) is 45.0 Å². The Morgan fingerprint density at radius 1 is 0.600 bits per heavy atom. The molecule has 0 radical (unpaired) electrons. The summed E-state index contributed by atoms with van der Waals surface area (Å²) < 4.78 is 0. The molecule has 0 aromatic carbocycles. The maximum Gasteiger partial charge on any atom is 2.00 e. The van der Waals surface area contributed by atoms with Crippen LogP contribution in [0.5, 0.6) is 0 Å². The summed E-state index contributed by atoms with van der Waals surface area (Å²) in [6.45, 7) is 12.6. The van der Waals surface area contributed by atoms with Crippen molar-refractivity contribution in [3.8, 4) is 22.8 Å². The van der Waals surface area contributed by atoms with Gasteiger partial charge in [-0.1, -0.05) is 48.2 Å². The maximum absolute atomic E-state index is 4.87. The van der Waals surface area contributed by atoms with E-state index in [0.29, 0.717) is 6.42 Å². The minimum absolute atomic E-state index is 0. The molecule has 4 aromatic heterocycles. The van der Waals surface area contributed by atoms with E-state index in [1.54, 1.807) is 0 Å². The predicted octanol–water partition coefficient (Wildman–Crippen LogP) is 5.16. The minimum atomic E-state index is 0. The molecular weight excluding hydrogens is 551 g/mol. The quantitative estimate of drug-likeness (QED) is 0.336. The van der Waals surface area contributed by atoms with Crippen molar-refractivity contribution in [1.29, 1.82) is 0 Å². The standard InChI is InChI=1S/C25H26N4.Pt/c1-14-16(3)24(26-18(14)5)22-11-7-9-20(28-22)13-21-10-8-12-23(29-21)25-17(4)15(2)19(6)27-25;/h7-12H,13H2,1-6H3;/q-2;+2. The van der Waals surface area contributed by atoms with Crippen molar-refractivity contribution in [2.45, 2.75) is 48.0 Å². The van der Waals surface area contributed by atoms with Crippen molar-refractivity contribution in [2.24, 2.45) is 0 Å². The van der Waals surface area contributed by atoms with Crippen molar-refractivity contribution < 1.29 is 21.1 Å². The van der Waals surface area contributed by atoms with Gasteiger partial charge in [0.2, 0.25) is 0 Å². The molecule has 0 saturated heterocycles. The molecule has 0 saturated carbocycles. The van der Waals surface area contributed by atoms with Crippen LogP contribution in [-0.2, 0) is 27.5 Å². The second kappa shape index (κ2) is 8.73. The SMILES string of the molecule is Cc1[n-]c(-c2cccc(Cc3cccc(-c4[n-]c(C)c(C)c4C)n3)n2)c(C)c1C.[Pt+2]. The van der Waals surface area contributed by atoms with E-state index in [-0.39, 0.29) is 21.1 Å². The molecule has 0 atom stereocenters. The Bertz CT molecular complexity index is 1110. The van der Waals surface area contributed by atoms with Gasteiger partial charge < -0.3 is 9.97 Å². The van der Waals surface area contributed by atoms with Gasteiger partial charge in [-0.25, -0.2) is 0 Å². The molecule has 0 unspecified atom stereocenters. The number of aromatic nitrogens is 4. The first-order chi connectivity index (χ1) is 13.8. The zero-order chi connectivity index (χ0) is 20.7. The van der Waals surface area contributed by atoms with Crippen LogP contribution in [0.15, 0.2) is 36.4 Å². The number of hydrogen-bond donors (Lipinski definition) is 0. The summed E-state index contributed by atoms with van der Waals surface area (Å²) in [6.07, 6.45) is 0.678. The summed E-state index contributed by atoms with van der Waals surface area (Å²) in [5.41, 5.74) is 12.8. The van der Waals surface area contributed by atoms with Gasteiger partial charge >= 0.3 is 21.1 Å². The summed E-state index contributed by atoms with van der Waals surface area (Å²) in [6, 6.07) is 12.3. The molecule has 0 N–H and O–H groups in total. The zero-order valence-corrected chi connectivity index (χ0v) is 20.5. The third-order valence-electron chi connectivity index (χ3n) is 5.94. The van der Waals surface area contributed by atoms with Crippen LogP contribution in [0.25, 0.3) is 22.8 Å². The Hall–Kier alpha value is -2.45. The van der Waals surface area contributed by atoms with Gasteiger partial charge in [-0.2, -0.15) is 11.4 Å². The predicted molar refractivity (Wildman–Crippen MR) is 117 cm³/mol. The average Bonchev–Trinajstić information content (AvgIpc) is 3.13. The minimum Gasteiger partial charge on any atom is -0.659 e. The van der Waals surface area contributed by atoms with Crippen LogP contribution in [0, 0.1) is 41.5 Å². The number of rotatable bonds is 4. The Balaban J connectivity index is 0.00000256. The van der Waals surface area contributed by atoms with Gasteiger partial charge in [0.15, 0.2) is 0 Å². The molecule has 4 heterocycles. The molecule has 0 fully saturated rings. The Morgan fingerprint density at radius 2 is 1.00 bits per heavy atom. The fourth-order valence-corrected chi connectivity index (χ4v) is 3.67. The topological polar surface area (TPSA) is 54.0 Å². The van der Waals surface area contributed by atoms with Crippen molar-refractivity contribution >= 4 is 0 Å². The first-order valence-corrected chi connectivity index (χ1v) is 9.98. The smallest absolute Gasteiger partial charge is 0.659 e. The summed E-state index contributed by atoms with van der Waals surface area (Å²) >= 11 is 0. The Morgan fingerprint density at radius 3 is 1.33 bits per heavy atom. The van der Waals surface area contributed by atoms with Crippen molar-refractivity contribution in [3.05, 3.63) is 81.4 Å². The van der Waals surface area contributed by atoms with Crippen molar-refractivity contribution in [1.82, 2.24) is 19.9 Å². The Kier molecular flexibility index (Phi) is 6.47. The first kappa shape index (κ1) is 22.2. The molecule has 156 valence electrons. The van der Waals surface area contributed by atoms with Gasteiger partial charge in [0, 0.05) is 29.2 Å². The van der Waals surface area contributed by atoms with E-state index in [0.717, 1.165) is 45.6 Å². The second-order valence-electron chi connectivity index (χ2n) is 7.80. The van der Waals surface area contributed by atoms with Gasteiger partial charge in [-0.3, -0.25) is 9.97 Å². The molecular formula is C25H26N4Pt. The normalized spacial score (nSPS) is 10.9. The molecule has 0 aliphatic heterocycles. The van der Waals surface area contributed by atoms with E-state index in [9.17, 15) is 0 Å². The van der Waals surface area contributed by atoms with Gasteiger partial charge in [-0.05, 0) is 52.0 Å². The third-order valence-corrected chi connectivity index (χ3v) is 5.94. The third kappa shape index (κ3) is 4.06. The summed E-state index contributed by atoms with van der Waals surface area (Å²) in [7, 11) is 0. The van der Waals surface area contributed by atoms with Crippen LogP contribution in [0.4, 0.5) is 0 Å². The molecule has 0 bridgehead atoms. The summed E-state index contributed by atoms with van der Waals surface area (Å²) in [5.74, 6) is 0. The molecule has 0 amide bonds. The summed E-state index contributed by atoms with van der Waals surface area (Å²) in [5, 5.41) is 0. The molecule has 5 heteroatoms. The number of hydrogen-bond acceptors (Lipinski definition) is 2. The van der Waals surface area contributed by atoms with Crippen molar-refractivity contribution in [3.63, 3.8) is 0 Å². The zero-order valence-electron chi connectivity index (χ0n) is 18.3. The molecule has 0 aliphatic carbocycles. The van der Waals surface area contributed by atoms with E-state index in [2.05, 4.69) is 52.0 Å². The van der Waals surface area contributed by atoms with Gasteiger partial charge in [-0.15, -0.1) is 11.4 Å². The number of pyridine rings is 2. The number of aryl methyl sites for hydroxylation is 2. The van der Waals surface area contributed by atoms with Crippen LogP contribution < -0.4 is 9.97 Å². The summed E-state index contributed by atoms with van der Waals surface area (Å²) in [4.78, 5) is 19.2. The van der Waals surface area contributed by atoms with Crippen LogP contribution in [-0.4, -0.2) is 9.97 Å². The first-order valence-electron chi connectivity index (χ1n) is 9.98. The molecule has 30 heavy (non-hydrogen) atoms. The maximum atomic E-state index is 4.87. The van der Waals surface area contributed by atoms with E-state index in [4.69, 9.17) is 19.9 Å². The monoisotopic (exact) mass is 577 g/mol. The van der Waals surface area contributed by atoms with Crippen LogP contribution >= 0.6 is 0 Å². The average molecular weight is 578 g/mol.